The van der Waals surface area contributed by atoms with Gasteiger partial charge in [-0.25, -0.2) is 0 Å². The topological polar surface area (TPSA) is 64.6 Å². The Morgan fingerprint density at radius 1 is 1.35 bits per heavy atom. The second kappa shape index (κ2) is 5.14. The minimum atomic E-state index is -0.510. The van der Waals surface area contributed by atoms with E-state index in [1.54, 1.807) is 7.11 Å². The molecule has 1 aliphatic carbocycles. The van der Waals surface area contributed by atoms with Gasteiger partial charge in [-0.2, -0.15) is 0 Å². The number of ketones is 1. The van der Waals surface area contributed by atoms with E-state index in [0.717, 1.165) is 19.3 Å². The van der Waals surface area contributed by atoms with E-state index in [1.807, 2.05) is 0 Å². The van der Waals surface area contributed by atoms with Crippen molar-refractivity contribution in [2.45, 2.75) is 43.9 Å². The zero-order valence-corrected chi connectivity index (χ0v) is 10.3. The van der Waals surface area contributed by atoms with E-state index in [1.165, 1.54) is 7.11 Å². The molecular formula is C12H19NO4. The van der Waals surface area contributed by atoms with Crippen molar-refractivity contribution < 1.29 is 19.1 Å². The Labute approximate surface area is 101 Å². The largest absolute Gasteiger partial charge is 0.468 e. The number of hydrogen-bond donors (Lipinski definition) is 1. The van der Waals surface area contributed by atoms with Crippen molar-refractivity contribution in [3.8, 4) is 0 Å². The molecule has 0 spiro atoms. The van der Waals surface area contributed by atoms with Crippen molar-refractivity contribution in [1.82, 2.24) is 5.32 Å². The Morgan fingerprint density at radius 3 is 2.76 bits per heavy atom. The van der Waals surface area contributed by atoms with Crippen LogP contribution in [0.3, 0.4) is 0 Å². The number of ether oxygens (including phenoxy) is 2. The van der Waals surface area contributed by atoms with Crippen molar-refractivity contribution >= 4 is 11.8 Å². The molecule has 17 heavy (non-hydrogen) atoms. The first-order valence-electron chi connectivity index (χ1n) is 6.06. The molecule has 0 amide bonds. The molecule has 96 valence electrons. The summed E-state index contributed by atoms with van der Waals surface area (Å²) < 4.78 is 10.1. The molecule has 1 heterocycles. The number of esters is 1. The van der Waals surface area contributed by atoms with E-state index in [-0.39, 0.29) is 36.2 Å². The van der Waals surface area contributed by atoms with Crippen molar-refractivity contribution in [2.24, 2.45) is 5.92 Å². The van der Waals surface area contributed by atoms with Gasteiger partial charge in [0.15, 0.2) is 0 Å². The summed E-state index contributed by atoms with van der Waals surface area (Å²) in [4.78, 5) is 23.5. The molecule has 5 nitrogen and oxygen atoms in total. The van der Waals surface area contributed by atoms with Crippen molar-refractivity contribution in [2.75, 3.05) is 14.2 Å². The SMILES string of the molecule is COC(=O)C1CC(=O)C2CCCC(OC)C2N1. The monoisotopic (exact) mass is 241 g/mol. The van der Waals surface area contributed by atoms with Gasteiger partial charge in [0.1, 0.15) is 11.8 Å². The van der Waals surface area contributed by atoms with Gasteiger partial charge in [-0.1, -0.05) is 6.42 Å². The first-order valence-corrected chi connectivity index (χ1v) is 6.06. The van der Waals surface area contributed by atoms with Gasteiger partial charge in [-0.05, 0) is 12.8 Å². The van der Waals surface area contributed by atoms with Crippen LogP contribution in [0.25, 0.3) is 0 Å². The molecule has 1 saturated carbocycles. The third kappa shape index (κ3) is 2.35. The van der Waals surface area contributed by atoms with Gasteiger partial charge < -0.3 is 9.47 Å². The fourth-order valence-corrected chi connectivity index (χ4v) is 2.94. The molecule has 1 N–H and O–H groups in total. The van der Waals surface area contributed by atoms with Crippen molar-refractivity contribution in [1.29, 1.82) is 0 Å². The van der Waals surface area contributed by atoms with E-state index in [0.29, 0.717) is 0 Å². The average molecular weight is 241 g/mol. The maximum absolute atomic E-state index is 12.0. The Morgan fingerprint density at radius 2 is 2.12 bits per heavy atom. The molecule has 2 aliphatic rings. The third-order valence-electron chi connectivity index (χ3n) is 3.84. The molecule has 2 fully saturated rings. The van der Waals surface area contributed by atoms with Crippen LogP contribution in [0.5, 0.6) is 0 Å². The first kappa shape index (κ1) is 12.5. The summed E-state index contributed by atoms with van der Waals surface area (Å²) in [6.07, 6.45) is 3.10. The Kier molecular flexibility index (Phi) is 3.79. The van der Waals surface area contributed by atoms with Gasteiger partial charge in [0, 0.05) is 25.5 Å². The summed E-state index contributed by atoms with van der Waals surface area (Å²) in [5.41, 5.74) is 0. The number of hydrogen-bond acceptors (Lipinski definition) is 5. The van der Waals surface area contributed by atoms with Crippen LogP contribution >= 0.6 is 0 Å². The van der Waals surface area contributed by atoms with Crippen molar-refractivity contribution in [3.05, 3.63) is 0 Å². The van der Waals surface area contributed by atoms with Gasteiger partial charge in [0.25, 0.3) is 0 Å². The van der Waals surface area contributed by atoms with Gasteiger partial charge in [-0.15, -0.1) is 0 Å². The van der Waals surface area contributed by atoms with E-state index in [2.05, 4.69) is 5.32 Å². The van der Waals surface area contributed by atoms with Gasteiger partial charge in [0.2, 0.25) is 0 Å². The highest BCUT2D eigenvalue weighted by atomic mass is 16.5. The predicted octanol–water partition coefficient (Wildman–Crippen LogP) is 0.274. The normalized spacial score (nSPS) is 37.4. The fraction of sp³-hybridized carbons (Fsp3) is 0.833. The van der Waals surface area contributed by atoms with Crippen LogP contribution in [-0.2, 0) is 19.1 Å². The van der Waals surface area contributed by atoms with Crippen LogP contribution in [0.15, 0.2) is 0 Å². The van der Waals surface area contributed by atoms with Gasteiger partial charge >= 0.3 is 5.97 Å². The summed E-state index contributed by atoms with van der Waals surface area (Å²) in [5.74, 6) is -0.210. The number of methoxy groups -OCH3 is 2. The van der Waals surface area contributed by atoms with Crippen LogP contribution in [0.2, 0.25) is 0 Å². The highest BCUT2D eigenvalue weighted by Crippen LogP contribution is 2.31. The molecule has 1 aliphatic heterocycles. The van der Waals surface area contributed by atoms with Gasteiger partial charge in [0.05, 0.1) is 13.2 Å². The van der Waals surface area contributed by atoms with Crippen LogP contribution in [0.4, 0.5) is 0 Å². The van der Waals surface area contributed by atoms with E-state index in [4.69, 9.17) is 9.47 Å². The Balaban J connectivity index is 2.12. The average Bonchev–Trinajstić information content (AvgIpc) is 2.37. The lowest BCUT2D eigenvalue weighted by Crippen LogP contribution is -2.61. The summed E-state index contributed by atoms with van der Waals surface area (Å²) >= 11 is 0. The molecule has 4 unspecified atom stereocenters. The number of Topliss-reactive ketones (excluding diaryl/α,β-unsaturated/α-hetero) is 1. The summed E-state index contributed by atoms with van der Waals surface area (Å²) in [6, 6.07) is -0.552. The first-order chi connectivity index (χ1) is 8.17. The Bertz CT molecular complexity index is 318. The van der Waals surface area contributed by atoms with Crippen LogP contribution in [0.1, 0.15) is 25.7 Å². The molecule has 2 rings (SSSR count). The van der Waals surface area contributed by atoms with E-state index >= 15 is 0 Å². The summed E-state index contributed by atoms with van der Waals surface area (Å²) in [6.45, 7) is 0. The second-order valence-electron chi connectivity index (χ2n) is 4.75. The molecule has 1 saturated heterocycles. The van der Waals surface area contributed by atoms with Crippen LogP contribution < -0.4 is 5.32 Å². The summed E-state index contributed by atoms with van der Waals surface area (Å²) in [5, 5.41) is 3.22. The second-order valence-corrected chi connectivity index (χ2v) is 4.75. The minimum Gasteiger partial charge on any atom is -0.468 e. The smallest absolute Gasteiger partial charge is 0.323 e. The predicted molar refractivity (Wildman–Crippen MR) is 60.5 cm³/mol. The molecular weight excluding hydrogens is 222 g/mol. The molecule has 0 aromatic heterocycles. The number of piperidine rings is 1. The number of nitrogens with one attached hydrogen (secondary N) is 1. The molecule has 4 atom stereocenters. The van der Waals surface area contributed by atoms with Gasteiger partial charge in [-0.3, -0.25) is 14.9 Å². The minimum absolute atomic E-state index is 0.00499. The van der Waals surface area contributed by atoms with E-state index < -0.39 is 6.04 Å². The Hall–Kier alpha value is -0.940. The third-order valence-corrected chi connectivity index (χ3v) is 3.84. The summed E-state index contributed by atoms with van der Waals surface area (Å²) in [7, 11) is 3.00. The van der Waals surface area contributed by atoms with Crippen LogP contribution in [0, 0.1) is 5.92 Å². The lowest BCUT2D eigenvalue weighted by Gasteiger charge is -2.42. The lowest BCUT2D eigenvalue weighted by atomic mass is 9.75. The standard InChI is InChI=1S/C12H19NO4/c1-16-10-5-3-4-7-9(14)6-8(12(15)17-2)13-11(7)10/h7-8,10-11,13H,3-6H2,1-2H3. The zero-order chi connectivity index (χ0) is 12.4. The maximum atomic E-state index is 12.0. The van der Waals surface area contributed by atoms with Crippen LogP contribution in [-0.4, -0.2) is 44.2 Å². The quantitative estimate of drug-likeness (QED) is 0.703. The highest BCUT2D eigenvalue weighted by molar-refractivity contribution is 5.90. The number of carbonyl (C=O) groups is 2. The zero-order valence-electron chi connectivity index (χ0n) is 10.3. The van der Waals surface area contributed by atoms with Crippen molar-refractivity contribution in [3.63, 3.8) is 0 Å². The molecule has 0 aromatic rings. The molecule has 5 heteroatoms. The fourth-order valence-electron chi connectivity index (χ4n) is 2.94. The molecule has 0 radical (unpaired) electrons. The number of carbonyl (C=O) groups excluding carboxylic acids is 2. The molecule has 0 bridgehead atoms. The van der Waals surface area contributed by atoms with E-state index in [9.17, 15) is 9.59 Å². The number of fused-ring (bicyclic) bond motifs is 1. The maximum Gasteiger partial charge on any atom is 0.323 e. The lowest BCUT2D eigenvalue weighted by molar-refractivity contribution is -0.149. The highest BCUT2D eigenvalue weighted by Gasteiger charge is 2.44. The molecule has 0 aromatic carbocycles. The number of rotatable bonds is 2.